The van der Waals surface area contributed by atoms with Gasteiger partial charge in [-0.15, -0.1) is 0 Å². The molecule has 0 heterocycles. The van der Waals surface area contributed by atoms with Crippen molar-refractivity contribution in [1.29, 1.82) is 0 Å². The molecule has 0 aliphatic heterocycles. The maximum absolute atomic E-state index is 3.47. The predicted octanol–water partition coefficient (Wildman–Crippen LogP) is 3.45. The highest BCUT2D eigenvalue weighted by Gasteiger charge is 2.05. The van der Waals surface area contributed by atoms with Gasteiger partial charge in [-0.05, 0) is 31.9 Å². The summed E-state index contributed by atoms with van der Waals surface area (Å²) in [6, 6.07) is 9.07. The van der Waals surface area contributed by atoms with Crippen LogP contribution in [0.2, 0.25) is 0 Å². The second kappa shape index (κ2) is 4.31. The third-order valence-corrected chi connectivity index (χ3v) is 2.45. The maximum Gasteiger partial charge on any atom is 0.0342 e. The summed E-state index contributed by atoms with van der Waals surface area (Å²) in [5, 5.41) is 3.47. The molecule has 0 aromatic heterocycles. The molecular weight excluding hydrogens is 158 g/mol. The van der Waals surface area contributed by atoms with E-state index >= 15 is 0 Å². The second-order valence-electron chi connectivity index (χ2n) is 4.04. The summed E-state index contributed by atoms with van der Waals surface area (Å²) in [7, 11) is 0. The van der Waals surface area contributed by atoms with Gasteiger partial charge in [0.2, 0.25) is 0 Å². The molecule has 0 bridgehead atoms. The van der Waals surface area contributed by atoms with Gasteiger partial charge in [-0.2, -0.15) is 0 Å². The molecule has 13 heavy (non-hydrogen) atoms. The van der Waals surface area contributed by atoms with Gasteiger partial charge in [-0.25, -0.2) is 0 Å². The molecule has 1 heteroatoms. The lowest BCUT2D eigenvalue weighted by molar-refractivity contribution is 0.560. The molecule has 0 saturated heterocycles. The maximum atomic E-state index is 3.47. The number of benzene rings is 1. The Kier molecular flexibility index (Phi) is 3.35. The summed E-state index contributed by atoms with van der Waals surface area (Å²) in [4.78, 5) is 0. The second-order valence-corrected chi connectivity index (χ2v) is 4.04. The SMILES string of the molecule is Cc1ccc(NC(C)C(C)C)cc1. The van der Waals surface area contributed by atoms with E-state index in [1.807, 2.05) is 0 Å². The molecule has 0 fully saturated rings. The van der Waals surface area contributed by atoms with E-state index in [0.717, 1.165) is 0 Å². The topological polar surface area (TPSA) is 12.0 Å². The Morgan fingerprint density at radius 2 is 1.54 bits per heavy atom. The minimum absolute atomic E-state index is 0.530. The van der Waals surface area contributed by atoms with E-state index in [9.17, 15) is 0 Å². The van der Waals surface area contributed by atoms with Crippen LogP contribution in [0.4, 0.5) is 5.69 Å². The Morgan fingerprint density at radius 3 is 2.00 bits per heavy atom. The van der Waals surface area contributed by atoms with E-state index in [4.69, 9.17) is 0 Å². The van der Waals surface area contributed by atoms with Gasteiger partial charge >= 0.3 is 0 Å². The van der Waals surface area contributed by atoms with Crippen LogP contribution in [0.1, 0.15) is 26.3 Å². The minimum atomic E-state index is 0.530. The van der Waals surface area contributed by atoms with Gasteiger partial charge in [-0.1, -0.05) is 31.5 Å². The van der Waals surface area contributed by atoms with Crippen LogP contribution < -0.4 is 5.32 Å². The van der Waals surface area contributed by atoms with Gasteiger partial charge in [0.05, 0.1) is 0 Å². The fraction of sp³-hybridized carbons (Fsp3) is 0.500. The number of hydrogen-bond donors (Lipinski definition) is 1. The Morgan fingerprint density at radius 1 is 1.00 bits per heavy atom. The van der Waals surface area contributed by atoms with E-state index in [0.29, 0.717) is 12.0 Å². The van der Waals surface area contributed by atoms with Gasteiger partial charge in [-0.3, -0.25) is 0 Å². The first kappa shape index (κ1) is 10.1. The normalized spacial score (nSPS) is 13.0. The molecule has 0 radical (unpaired) electrons. The summed E-state index contributed by atoms with van der Waals surface area (Å²) >= 11 is 0. The van der Waals surface area contributed by atoms with E-state index < -0.39 is 0 Å². The lowest BCUT2D eigenvalue weighted by Crippen LogP contribution is -2.21. The highest BCUT2D eigenvalue weighted by Crippen LogP contribution is 2.12. The van der Waals surface area contributed by atoms with Crippen LogP contribution in [0.3, 0.4) is 0 Å². The molecule has 1 atom stereocenters. The highest BCUT2D eigenvalue weighted by atomic mass is 14.9. The predicted molar refractivity (Wildman–Crippen MR) is 59.1 cm³/mol. The zero-order valence-electron chi connectivity index (χ0n) is 8.96. The van der Waals surface area contributed by atoms with Crippen molar-refractivity contribution in [2.24, 2.45) is 5.92 Å². The summed E-state index contributed by atoms with van der Waals surface area (Å²) < 4.78 is 0. The molecule has 1 N–H and O–H groups in total. The van der Waals surface area contributed by atoms with Crippen molar-refractivity contribution in [2.45, 2.75) is 33.7 Å². The van der Waals surface area contributed by atoms with Gasteiger partial charge in [0.1, 0.15) is 0 Å². The Balaban J connectivity index is 2.59. The molecule has 1 rings (SSSR count). The molecule has 0 spiro atoms. The van der Waals surface area contributed by atoms with E-state index in [2.05, 4.69) is 57.3 Å². The van der Waals surface area contributed by atoms with Crippen LogP contribution in [-0.2, 0) is 0 Å². The zero-order chi connectivity index (χ0) is 9.84. The largest absolute Gasteiger partial charge is 0.382 e. The molecule has 1 nitrogen and oxygen atoms in total. The lowest BCUT2D eigenvalue weighted by atomic mass is 10.1. The van der Waals surface area contributed by atoms with Gasteiger partial charge in [0, 0.05) is 11.7 Å². The fourth-order valence-electron chi connectivity index (χ4n) is 1.08. The summed E-state index contributed by atoms with van der Waals surface area (Å²) in [5.41, 5.74) is 2.52. The molecule has 1 aromatic carbocycles. The monoisotopic (exact) mass is 177 g/mol. The number of anilines is 1. The average molecular weight is 177 g/mol. The van der Waals surface area contributed by atoms with Crippen molar-refractivity contribution < 1.29 is 0 Å². The first-order chi connectivity index (χ1) is 6.09. The molecule has 0 aliphatic carbocycles. The number of aryl methyl sites for hydroxylation is 1. The molecular formula is C12H19N. The fourth-order valence-corrected chi connectivity index (χ4v) is 1.08. The van der Waals surface area contributed by atoms with Gasteiger partial charge in [0.15, 0.2) is 0 Å². The summed E-state index contributed by atoms with van der Waals surface area (Å²) in [6.45, 7) is 8.78. The molecule has 1 aromatic rings. The molecule has 0 saturated carbocycles. The van der Waals surface area contributed by atoms with Crippen LogP contribution in [0.15, 0.2) is 24.3 Å². The highest BCUT2D eigenvalue weighted by molar-refractivity contribution is 5.45. The molecule has 0 amide bonds. The lowest BCUT2D eigenvalue weighted by Gasteiger charge is -2.18. The Bertz CT molecular complexity index is 248. The first-order valence-electron chi connectivity index (χ1n) is 4.93. The summed E-state index contributed by atoms with van der Waals surface area (Å²) in [5.74, 6) is 0.668. The third-order valence-electron chi connectivity index (χ3n) is 2.45. The minimum Gasteiger partial charge on any atom is -0.382 e. The number of rotatable bonds is 3. The van der Waals surface area contributed by atoms with Gasteiger partial charge < -0.3 is 5.32 Å². The third kappa shape index (κ3) is 3.10. The average Bonchev–Trinajstić information content (AvgIpc) is 2.08. The van der Waals surface area contributed by atoms with E-state index in [1.165, 1.54) is 11.3 Å². The van der Waals surface area contributed by atoms with E-state index in [-0.39, 0.29) is 0 Å². The Hall–Kier alpha value is -0.980. The quantitative estimate of drug-likeness (QED) is 0.745. The number of nitrogens with one attached hydrogen (secondary N) is 1. The van der Waals surface area contributed by atoms with Crippen molar-refractivity contribution in [3.8, 4) is 0 Å². The van der Waals surface area contributed by atoms with Crippen LogP contribution in [0.25, 0.3) is 0 Å². The molecule has 72 valence electrons. The van der Waals surface area contributed by atoms with Crippen molar-refractivity contribution >= 4 is 5.69 Å². The smallest absolute Gasteiger partial charge is 0.0342 e. The number of hydrogen-bond acceptors (Lipinski definition) is 1. The van der Waals surface area contributed by atoms with Crippen molar-refractivity contribution in [1.82, 2.24) is 0 Å². The van der Waals surface area contributed by atoms with Crippen molar-refractivity contribution in [2.75, 3.05) is 5.32 Å². The summed E-state index contributed by atoms with van der Waals surface area (Å²) in [6.07, 6.45) is 0. The first-order valence-corrected chi connectivity index (χ1v) is 4.93. The van der Waals surface area contributed by atoms with Crippen LogP contribution in [0.5, 0.6) is 0 Å². The zero-order valence-corrected chi connectivity index (χ0v) is 8.96. The van der Waals surface area contributed by atoms with Crippen LogP contribution in [0, 0.1) is 12.8 Å². The molecule has 0 aliphatic rings. The van der Waals surface area contributed by atoms with Crippen LogP contribution in [-0.4, -0.2) is 6.04 Å². The Labute approximate surface area is 81.2 Å². The van der Waals surface area contributed by atoms with E-state index in [1.54, 1.807) is 0 Å². The van der Waals surface area contributed by atoms with Crippen molar-refractivity contribution in [3.05, 3.63) is 29.8 Å². The molecule has 1 unspecified atom stereocenters. The van der Waals surface area contributed by atoms with Crippen LogP contribution >= 0.6 is 0 Å². The van der Waals surface area contributed by atoms with Gasteiger partial charge in [0.25, 0.3) is 0 Å². The standard InChI is InChI=1S/C12H19N/c1-9(2)11(4)13-12-7-5-10(3)6-8-12/h5-9,11,13H,1-4H3. The van der Waals surface area contributed by atoms with Crippen molar-refractivity contribution in [3.63, 3.8) is 0 Å².